The third-order valence-electron chi connectivity index (χ3n) is 4.39. The number of amides is 1. The lowest BCUT2D eigenvalue weighted by atomic mass is 10.2. The van der Waals surface area contributed by atoms with Gasteiger partial charge in [-0.3, -0.25) is 4.79 Å². The topological polar surface area (TPSA) is 82.7 Å². The number of fused-ring (bicyclic) bond motifs is 1. The number of carbonyl (C=O) groups excluding carboxylic acids is 1. The first-order valence-corrected chi connectivity index (χ1v) is 9.51. The third kappa shape index (κ3) is 5.06. The predicted octanol–water partition coefficient (Wildman–Crippen LogP) is 3.76. The number of carbonyl (C=O) groups is 1. The molecule has 0 spiro atoms. The zero-order chi connectivity index (χ0) is 19.2. The Hall–Kier alpha value is -2.89. The van der Waals surface area contributed by atoms with Gasteiger partial charge >= 0.3 is 0 Å². The van der Waals surface area contributed by atoms with Crippen molar-refractivity contribution in [2.45, 2.75) is 40.0 Å². The van der Waals surface area contributed by atoms with E-state index in [4.69, 9.17) is 0 Å². The van der Waals surface area contributed by atoms with Gasteiger partial charge in [0.25, 0.3) is 5.91 Å². The standard InChI is InChI=1S/C21H27N5O/c1-4-5-6-19-24-15(3)12-20(26-19)22-9-10-23-21(27)18-13-16-11-14(2)7-8-17(16)25-18/h7-8,11-13,25H,4-6,9-10H2,1-3H3,(H,23,27)(H,22,24,26). The van der Waals surface area contributed by atoms with Crippen molar-refractivity contribution in [3.8, 4) is 0 Å². The molecule has 142 valence electrons. The Morgan fingerprint density at radius 2 is 1.96 bits per heavy atom. The molecule has 0 atom stereocenters. The van der Waals surface area contributed by atoms with Gasteiger partial charge in [0, 0.05) is 42.2 Å². The van der Waals surface area contributed by atoms with E-state index in [1.807, 2.05) is 38.1 Å². The van der Waals surface area contributed by atoms with E-state index in [1.165, 1.54) is 5.56 Å². The number of aromatic amines is 1. The van der Waals surface area contributed by atoms with Crippen molar-refractivity contribution >= 4 is 22.6 Å². The minimum absolute atomic E-state index is 0.104. The van der Waals surface area contributed by atoms with E-state index < -0.39 is 0 Å². The molecule has 3 rings (SSSR count). The van der Waals surface area contributed by atoms with Crippen LogP contribution < -0.4 is 10.6 Å². The molecule has 0 radical (unpaired) electrons. The molecule has 0 aliphatic heterocycles. The molecule has 0 aliphatic carbocycles. The van der Waals surface area contributed by atoms with Gasteiger partial charge in [-0.15, -0.1) is 0 Å². The molecule has 3 N–H and O–H groups in total. The van der Waals surface area contributed by atoms with Crippen LogP contribution in [0.15, 0.2) is 30.3 Å². The number of nitrogens with one attached hydrogen (secondary N) is 3. The average Bonchev–Trinajstić information content (AvgIpc) is 3.06. The highest BCUT2D eigenvalue weighted by Crippen LogP contribution is 2.16. The number of aryl methyl sites for hydroxylation is 3. The Bertz CT molecular complexity index is 931. The van der Waals surface area contributed by atoms with E-state index in [-0.39, 0.29) is 5.91 Å². The van der Waals surface area contributed by atoms with Gasteiger partial charge in [0.2, 0.25) is 0 Å². The van der Waals surface area contributed by atoms with Crippen molar-refractivity contribution in [1.82, 2.24) is 20.3 Å². The predicted molar refractivity (Wildman–Crippen MR) is 109 cm³/mol. The molecule has 3 aromatic rings. The number of aromatic nitrogens is 3. The van der Waals surface area contributed by atoms with Gasteiger partial charge in [0.1, 0.15) is 17.3 Å². The Kier molecular flexibility index (Phi) is 6.06. The monoisotopic (exact) mass is 365 g/mol. The molecule has 0 bridgehead atoms. The second-order valence-corrected chi connectivity index (χ2v) is 6.87. The molecule has 2 heterocycles. The van der Waals surface area contributed by atoms with Crippen molar-refractivity contribution < 1.29 is 4.79 Å². The largest absolute Gasteiger partial charge is 0.368 e. The van der Waals surface area contributed by atoms with Crippen molar-refractivity contribution in [2.75, 3.05) is 18.4 Å². The van der Waals surface area contributed by atoms with Crippen LogP contribution in [-0.4, -0.2) is 33.9 Å². The van der Waals surface area contributed by atoms with Crippen molar-refractivity contribution in [3.63, 3.8) is 0 Å². The van der Waals surface area contributed by atoms with Gasteiger partial charge in [0.05, 0.1) is 0 Å². The number of rotatable bonds is 8. The maximum absolute atomic E-state index is 12.3. The van der Waals surface area contributed by atoms with E-state index >= 15 is 0 Å². The average molecular weight is 365 g/mol. The molecule has 0 fully saturated rings. The number of hydrogen-bond donors (Lipinski definition) is 3. The summed E-state index contributed by atoms with van der Waals surface area (Å²) < 4.78 is 0. The first kappa shape index (κ1) is 18.9. The highest BCUT2D eigenvalue weighted by atomic mass is 16.1. The van der Waals surface area contributed by atoms with Crippen LogP contribution in [0.25, 0.3) is 10.9 Å². The fourth-order valence-electron chi connectivity index (χ4n) is 3.00. The summed E-state index contributed by atoms with van der Waals surface area (Å²) in [6.45, 7) is 7.29. The first-order valence-electron chi connectivity index (χ1n) is 9.51. The number of nitrogens with zero attached hydrogens (tertiary/aromatic N) is 2. The molecule has 1 aromatic carbocycles. The summed E-state index contributed by atoms with van der Waals surface area (Å²) in [4.78, 5) is 24.5. The molecule has 2 aromatic heterocycles. The van der Waals surface area contributed by atoms with Crippen LogP contribution in [0.1, 0.15) is 47.3 Å². The quantitative estimate of drug-likeness (QED) is 0.531. The number of H-pyrrole nitrogens is 1. The van der Waals surface area contributed by atoms with Crippen LogP contribution >= 0.6 is 0 Å². The highest BCUT2D eigenvalue weighted by Gasteiger charge is 2.09. The number of anilines is 1. The molecule has 0 unspecified atom stereocenters. The lowest BCUT2D eigenvalue weighted by Gasteiger charge is -2.09. The summed E-state index contributed by atoms with van der Waals surface area (Å²) in [6.07, 6.45) is 3.10. The molecule has 0 saturated carbocycles. The Labute approximate surface area is 159 Å². The van der Waals surface area contributed by atoms with Crippen LogP contribution in [0.2, 0.25) is 0 Å². The summed E-state index contributed by atoms with van der Waals surface area (Å²) in [5.41, 5.74) is 3.68. The minimum Gasteiger partial charge on any atom is -0.368 e. The van der Waals surface area contributed by atoms with E-state index in [9.17, 15) is 4.79 Å². The van der Waals surface area contributed by atoms with Gasteiger partial charge in [0.15, 0.2) is 0 Å². The van der Waals surface area contributed by atoms with E-state index in [1.54, 1.807) is 0 Å². The van der Waals surface area contributed by atoms with Crippen LogP contribution in [0, 0.1) is 13.8 Å². The van der Waals surface area contributed by atoms with E-state index in [2.05, 4.69) is 38.6 Å². The van der Waals surface area contributed by atoms with Gasteiger partial charge in [-0.1, -0.05) is 25.0 Å². The Balaban J connectivity index is 1.52. The SMILES string of the molecule is CCCCc1nc(C)cc(NCCNC(=O)c2cc3cc(C)ccc3[nH]2)n1. The van der Waals surface area contributed by atoms with E-state index in [0.717, 1.165) is 47.5 Å². The zero-order valence-corrected chi connectivity index (χ0v) is 16.2. The first-order chi connectivity index (χ1) is 13.0. The van der Waals surface area contributed by atoms with Gasteiger partial charge in [-0.25, -0.2) is 9.97 Å². The van der Waals surface area contributed by atoms with Crippen molar-refractivity contribution in [3.05, 3.63) is 53.1 Å². The third-order valence-corrected chi connectivity index (χ3v) is 4.39. The molecular weight excluding hydrogens is 338 g/mol. The fourth-order valence-corrected chi connectivity index (χ4v) is 3.00. The second kappa shape index (κ2) is 8.66. The summed E-state index contributed by atoms with van der Waals surface area (Å²) >= 11 is 0. The van der Waals surface area contributed by atoms with Crippen LogP contribution in [0.5, 0.6) is 0 Å². The van der Waals surface area contributed by atoms with Crippen molar-refractivity contribution in [2.24, 2.45) is 0 Å². The minimum atomic E-state index is -0.104. The molecule has 6 heteroatoms. The summed E-state index contributed by atoms with van der Waals surface area (Å²) in [7, 11) is 0. The van der Waals surface area contributed by atoms with Crippen LogP contribution in [0.3, 0.4) is 0 Å². The van der Waals surface area contributed by atoms with Gasteiger partial charge < -0.3 is 15.6 Å². The van der Waals surface area contributed by atoms with Gasteiger partial charge in [-0.2, -0.15) is 0 Å². The number of hydrogen-bond acceptors (Lipinski definition) is 4. The van der Waals surface area contributed by atoms with Gasteiger partial charge in [-0.05, 0) is 38.5 Å². The maximum Gasteiger partial charge on any atom is 0.267 e. The van der Waals surface area contributed by atoms with Crippen molar-refractivity contribution in [1.29, 1.82) is 0 Å². The maximum atomic E-state index is 12.3. The smallest absolute Gasteiger partial charge is 0.267 e. The molecule has 6 nitrogen and oxygen atoms in total. The van der Waals surface area contributed by atoms with Crippen LogP contribution in [-0.2, 0) is 6.42 Å². The zero-order valence-electron chi connectivity index (χ0n) is 16.2. The summed E-state index contributed by atoms with van der Waals surface area (Å²) in [5.74, 6) is 1.58. The number of benzene rings is 1. The van der Waals surface area contributed by atoms with Crippen LogP contribution in [0.4, 0.5) is 5.82 Å². The molecular formula is C21H27N5O. The Morgan fingerprint density at radius 1 is 1.11 bits per heavy atom. The number of unbranched alkanes of at least 4 members (excludes halogenated alkanes) is 1. The molecule has 1 amide bonds. The summed E-state index contributed by atoms with van der Waals surface area (Å²) in [5, 5.41) is 7.25. The lowest BCUT2D eigenvalue weighted by molar-refractivity contribution is 0.0951. The Morgan fingerprint density at radius 3 is 2.78 bits per heavy atom. The lowest BCUT2D eigenvalue weighted by Crippen LogP contribution is -2.29. The normalized spacial score (nSPS) is 10.9. The molecule has 0 aliphatic rings. The fraction of sp³-hybridized carbons (Fsp3) is 0.381. The molecule has 27 heavy (non-hydrogen) atoms. The highest BCUT2D eigenvalue weighted by molar-refractivity contribution is 5.98. The second-order valence-electron chi connectivity index (χ2n) is 6.87. The summed E-state index contributed by atoms with van der Waals surface area (Å²) in [6, 6.07) is 9.91. The molecule has 0 saturated heterocycles. The van der Waals surface area contributed by atoms with E-state index in [0.29, 0.717) is 18.8 Å².